The van der Waals surface area contributed by atoms with E-state index in [9.17, 15) is 9.59 Å². The van der Waals surface area contributed by atoms with E-state index in [2.05, 4.69) is 25.5 Å². The summed E-state index contributed by atoms with van der Waals surface area (Å²) < 4.78 is 12.2. The highest BCUT2D eigenvalue weighted by Crippen LogP contribution is 2.39. The maximum atomic E-state index is 13.8. The van der Waals surface area contributed by atoms with Gasteiger partial charge in [0.15, 0.2) is 0 Å². The molecular weight excluding hydrogens is 512 g/mol. The fourth-order valence-electron chi connectivity index (χ4n) is 5.57. The standard InChI is InChI=1S/C28H32N8O4/c1-4-35-15-28(2,3)40-24-22(25(35)37)23(33-26(34-24)36-19-9-10-20(36)14-39-13-19)17-5-7-18(8-6-17)31-27(38)32-21-11-12-29-16-30-21/h5-8,11-12,16,19-20H,4,9-10,13-15H2,1-3H3,(H2,29,30,31,32,38). The number of hydrogen-bond donors (Lipinski definition) is 2. The summed E-state index contributed by atoms with van der Waals surface area (Å²) in [5.41, 5.74) is 1.51. The van der Waals surface area contributed by atoms with Gasteiger partial charge in [-0.1, -0.05) is 12.1 Å². The molecule has 0 radical (unpaired) electrons. The number of nitrogens with zero attached hydrogens (tertiary/aromatic N) is 6. The smallest absolute Gasteiger partial charge is 0.324 e. The molecule has 3 aliphatic heterocycles. The highest BCUT2D eigenvalue weighted by atomic mass is 16.5. The number of morpholine rings is 1. The quantitative estimate of drug-likeness (QED) is 0.494. The van der Waals surface area contributed by atoms with Gasteiger partial charge in [-0.3, -0.25) is 10.1 Å². The molecule has 2 atom stereocenters. The van der Waals surface area contributed by atoms with Crippen LogP contribution in [0, 0.1) is 0 Å². The third-order valence-corrected chi connectivity index (χ3v) is 7.40. The minimum absolute atomic E-state index is 0.166. The van der Waals surface area contributed by atoms with Gasteiger partial charge in [0, 0.05) is 24.0 Å². The van der Waals surface area contributed by atoms with Crippen molar-refractivity contribution in [3.05, 3.63) is 48.4 Å². The number of fused-ring (bicyclic) bond motifs is 3. The normalized spacial score (nSPS) is 21.3. The van der Waals surface area contributed by atoms with Gasteiger partial charge in [-0.2, -0.15) is 4.98 Å². The highest BCUT2D eigenvalue weighted by molar-refractivity contribution is 6.03. The Morgan fingerprint density at radius 1 is 1.07 bits per heavy atom. The molecule has 3 amide bonds. The molecule has 0 spiro atoms. The molecule has 6 rings (SSSR count). The molecule has 1 aromatic carbocycles. The molecular formula is C28H32N8O4. The lowest BCUT2D eigenvalue weighted by atomic mass is 10.0. The van der Waals surface area contributed by atoms with Gasteiger partial charge in [-0.15, -0.1) is 0 Å². The number of rotatable bonds is 5. The van der Waals surface area contributed by atoms with Crippen LogP contribution in [-0.2, 0) is 4.74 Å². The molecule has 3 aliphatic rings. The van der Waals surface area contributed by atoms with Crippen LogP contribution in [0.1, 0.15) is 44.0 Å². The number of aromatic nitrogens is 4. The van der Waals surface area contributed by atoms with Gasteiger partial charge in [0.2, 0.25) is 11.8 Å². The summed E-state index contributed by atoms with van der Waals surface area (Å²) in [6.45, 7) is 8.09. The number of urea groups is 1. The Kier molecular flexibility index (Phi) is 6.70. The number of likely N-dealkylation sites (N-methyl/N-ethyl adjacent to an activating group) is 1. The summed E-state index contributed by atoms with van der Waals surface area (Å²) >= 11 is 0. The van der Waals surface area contributed by atoms with Gasteiger partial charge in [0.25, 0.3) is 5.91 Å². The summed E-state index contributed by atoms with van der Waals surface area (Å²) in [5.74, 6) is 1.06. The molecule has 208 valence electrons. The second kappa shape index (κ2) is 10.3. The number of amides is 3. The fraction of sp³-hybridized carbons (Fsp3) is 0.429. The van der Waals surface area contributed by atoms with E-state index < -0.39 is 11.6 Å². The predicted octanol–water partition coefficient (Wildman–Crippen LogP) is 3.58. The average molecular weight is 545 g/mol. The Hall–Kier alpha value is -4.32. The first-order valence-electron chi connectivity index (χ1n) is 13.5. The Labute approximate surface area is 232 Å². The molecule has 2 aromatic heterocycles. The van der Waals surface area contributed by atoms with Crippen molar-refractivity contribution in [2.45, 2.75) is 51.3 Å². The predicted molar refractivity (Wildman–Crippen MR) is 149 cm³/mol. The lowest BCUT2D eigenvalue weighted by molar-refractivity contribution is 0.0540. The summed E-state index contributed by atoms with van der Waals surface area (Å²) in [7, 11) is 0. The third kappa shape index (κ3) is 5.02. The van der Waals surface area contributed by atoms with Gasteiger partial charge in [-0.25, -0.2) is 19.7 Å². The first-order chi connectivity index (χ1) is 19.3. The monoisotopic (exact) mass is 544 g/mol. The minimum Gasteiger partial charge on any atom is -0.469 e. The van der Waals surface area contributed by atoms with E-state index in [0.717, 1.165) is 18.4 Å². The topological polar surface area (TPSA) is 135 Å². The van der Waals surface area contributed by atoms with Gasteiger partial charge < -0.3 is 24.6 Å². The summed E-state index contributed by atoms with van der Waals surface area (Å²) in [6.07, 6.45) is 4.92. The van der Waals surface area contributed by atoms with Crippen molar-refractivity contribution in [1.82, 2.24) is 24.8 Å². The van der Waals surface area contributed by atoms with Crippen molar-refractivity contribution >= 4 is 29.4 Å². The van der Waals surface area contributed by atoms with Crippen LogP contribution in [0.15, 0.2) is 42.9 Å². The second-order valence-corrected chi connectivity index (χ2v) is 10.8. The summed E-state index contributed by atoms with van der Waals surface area (Å²) in [6, 6.07) is 8.74. The zero-order chi connectivity index (χ0) is 27.9. The molecule has 12 heteroatoms. The van der Waals surface area contributed by atoms with Crippen LogP contribution >= 0.6 is 0 Å². The van der Waals surface area contributed by atoms with E-state index in [1.54, 1.807) is 29.3 Å². The van der Waals surface area contributed by atoms with E-state index in [-0.39, 0.29) is 18.0 Å². The van der Waals surface area contributed by atoms with Crippen LogP contribution in [0.25, 0.3) is 11.3 Å². The molecule has 2 N–H and O–H groups in total. The molecule has 2 unspecified atom stereocenters. The number of ether oxygens (including phenoxy) is 2. The SMILES string of the molecule is CCN1CC(C)(C)Oc2nc(N3C4CCC3COC4)nc(-c3ccc(NC(=O)Nc4ccncn4)cc3)c2C1=O. The van der Waals surface area contributed by atoms with E-state index in [0.29, 0.717) is 60.9 Å². The molecule has 2 fully saturated rings. The Morgan fingerprint density at radius 2 is 1.82 bits per heavy atom. The molecule has 0 saturated carbocycles. The number of hydrogen-bond acceptors (Lipinski definition) is 9. The van der Waals surface area contributed by atoms with Crippen LogP contribution in [0.4, 0.5) is 22.2 Å². The van der Waals surface area contributed by atoms with Crippen molar-refractivity contribution in [2.75, 3.05) is 41.8 Å². The maximum absolute atomic E-state index is 13.8. The van der Waals surface area contributed by atoms with Crippen LogP contribution in [-0.4, -0.2) is 80.8 Å². The van der Waals surface area contributed by atoms with Gasteiger partial charge in [-0.05, 0) is 51.8 Å². The van der Waals surface area contributed by atoms with Crippen LogP contribution in [0.3, 0.4) is 0 Å². The number of nitrogens with one attached hydrogen (secondary N) is 2. The Balaban J connectivity index is 1.37. The Bertz CT molecular complexity index is 1400. The first-order valence-corrected chi connectivity index (χ1v) is 13.5. The van der Waals surface area contributed by atoms with Crippen molar-refractivity contribution in [1.29, 1.82) is 0 Å². The van der Waals surface area contributed by atoms with Crippen molar-refractivity contribution in [3.8, 4) is 17.1 Å². The van der Waals surface area contributed by atoms with E-state index in [1.807, 2.05) is 32.9 Å². The zero-order valence-corrected chi connectivity index (χ0v) is 22.8. The van der Waals surface area contributed by atoms with E-state index in [4.69, 9.17) is 19.4 Å². The lowest BCUT2D eigenvalue weighted by Crippen LogP contribution is -2.47. The molecule has 3 aromatic rings. The van der Waals surface area contributed by atoms with Crippen LogP contribution in [0.5, 0.6) is 5.88 Å². The van der Waals surface area contributed by atoms with Gasteiger partial charge in [0.1, 0.15) is 23.3 Å². The summed E-state index contributed by atoms with van der Waals surface area (Å²) in [4.78, 5) is 47.9. The molecule has 5 heterocycles. The van der Waals surface area contributed by atoms with Crippen molar-refractivity contribution in [2.24, 2.45) is 0 Å². The average Bonchev–Trinajstić information content (AvgIpc) is 3.13. The molecule has 12 nitrogen and oxygen atoms in total. The van der Waals surface area contributed by atoms with Gasteiger partial charge >= 0.3 is 6.03 Å². The van der Waals surface area contributed by atoms with E-state index >= 15 is 0 Å². The largest absolute Gasteiger partial charge is 0.469 e. The minimum atomic E-state index is -0.630. The van der Waals surface area contributed by atoms with Gasteiger partial charge in [0.05, 0.1) is 37.5 Å². The van der Waals surface area contributed by atoms with Crippen LogP contribution in [0.2, 0.25) is 0 Å². The summed E-state index contributed by atoms with van der Waals surface area (Å²) in [5, 5.41) is 5.46. The first kappa shape index (κ1) is 25.9. The fourth-order valence-corrected chi connectivity index (χ4v) is 5.57. The van der Waals surface area contributed by atoms with Crippen LogP contribution < -0.4 is 20.3 Å². The molecule has 2 saturated heterocycles. The van der Waals surface area contributed by atoms with Crippen molar-refractivity contribution < 1.29 is 19.1 Å². The number of benzene rings is 1. The molecule has 2 bridgehead atoms. The highest BCUT2D eigenvalue weighted by Gasteiger charge is 2.42. The number of anilines is 3. The van der Waals surface area contributed by atoms with Crippen molar-refractivity contribution in [3.63, 3.8) is 0 Å². The number of carbonyl (C=O) groups is 2. The maximum Gasteiger partial charge on any atom is 0.324 e. The molecule has 0 aliphatic carbocycles. The van der Waals surface area contributed by atoms with E-state index in [1.165, 1.54) is 6.33 Å². The lowest BCUT2D eigenvalue weighted by Gasteiger charge is -2.35. The number of carbonyl (C=O) groups excluding carboxylic acids is 2. The second-order valence-electron chi connectivity index (χ2n) is 10.8. The Morgan fingerprint density at radius 3 is 2.50 bits per heavy atom. The molecule has 40 heavy (non-hydrogen) atoms. The third-order valence-electron chi connectivity index (χ3n) is 7.40. The zero-order valence-electron chi connectivity index (χ0n) is 22.8.